The molecule has 0 unspecified atom stereocenters. The summed E-state index contributed by atoms with van der Waals surface area (Å²) in [6.07, 6.45) is 0. The number of para-hydroxylation sites is 1. The average molecular weight is 406 g/mol. The molecule has 0 radical (unpaired) electrons. The summed E-state index contributed by atoms with van der Waals surface area (Å²) in [5, 5.41) is 5.30. The Kier molecular flexibility index (Phi) is 3.81. The average Bonchev–Trinajstić information content (AvgIpc) is 3.30. The van der Waals surface area contributed by atoms with E-state index in [0.717, 1.165) is 21.2 Å². The topological polar surface area (TPSA) is 57.3 Å². The zero-order chi connectivity index (χ0) is 16.7. The second-order valence-electron chi connectivity index (χ2n) is 5.00. The molecular formula is C17H11ClN2O3Se. The predicted octanol–water partition coefficient (Wildman–Crippen LogP) is 3.78. The zero-order valence-corrected chi connectivity index (χ0v) is 15.0. The molecule has 0 bridgehead atoms. The quantitative estimate of drug-likeness (QED) is 0.384. The fourth-order valence-corrected chi connectivity index (χ4v) is 4.51. The molecule has 3 aromatic heterocycles. The van der Waals surface area contributed by atoms with Crippen molar-refractivity contribution in [3.63, 3.8) is 0 Å². The first-order valence-electron chi connectivity index (χ1n) is 7.08. The summed E-state index contributed by atoms with van der Waals surface area (Å²) in [4.78, 5) is 13.7. The van der Waals surface area contributed by atoms with Gasteiger partial charge in [-0.25, -0.2) is 0 Å². The summed E-state index contributed by atoms with van der Waals surface area (Å²) in [7, 11) is 1.32. The van der Waals surface area contributed by atoms with E-state index >= 15 is 0 Å². The number of carbonyl (C=O) groups excluding carboxylic acids is 1. The molecule has 0 amide bonds. The molecule has 5 nitrogen and oxygen atoms in total. The molecule has 4 aromatic rings. The van der Waals surface area contributed by atoms with E-state index in [1.54, 1.807) is 12.1 Å². The number of nitrogens with zero attached hydrogens (tertiary/aromatic N) is 2. The van der Waals surface area contributed by atoms with E-state index in [4.69, 9.17) is 16.0 Å². The van der Waals surface area contributed by atoms with Gasteiger partial charge in [-0.1, -0.05) is 0 Å². The molecule has 0 aliphatic carbocycles. The number of esters is 1. The van der Waals surface area contributed by atoms with E-state index in [9.17, 15) is 4.79 Å². The monoisotopic (exact) mass is 406 g/mol. The second kappa shape index (κ2) is 5.98. The number of fused-ring (bicyclic) bond motifs is 1. The molecule has 4 rings (SSSR count). The van der Waals surface area contributed by atoms with Crippen LogP contribution in [0.15, 0.2) is 51.8 Å². The summed E-state index contributed by atoms with van der Waals surface area (Å²) in [6, 6.07) is 12.9. The number of rotatable bonds is 3. The number of halogens is 1. The van der Waals surface area contributed by atoms with Gasteiger partial charge in [-0.3, -0.25) is 0 Å². The van der Waals surface area contributed by atoms with Crippen molar-refractivity contribution in [2.75, 3.05) is 7.11 Å². The van der Waals surface area contributed by atoms with Gasteiger partial charge in [0, 0.05) is 0 Å². The van der Waals surface area contributed by atoms with E-state index in [1.807, 2.05) is 35.0 Å². The van der Waals surface area contributed by atoms with Crippen molar-refractivity contribution < 1.29 is 13.9 Å². The molecule has 0 atom stereocenters. The van der Waals surface area contributed by atoms with Crippen LogP contribution in [0.25, 0.3) is 26.9 Å². The Labute approximate surface area is 148 Å². The number of furan rings is 1. The van der Waals surface area contributed by atoms with Crippen molar-refractivity contribution in [3.05, 3.63) is 58.2 Å². The van der Waals surface area contributed by atoms with Gasteiger partial charge < -0.3 is 0 Å². The van der Waals surface area contributed by atoms with Crippen molar-refractivity contribution >= 4 is 41.9 Å². The summed E-state index contributed by atoms with van der Waals surface area (Å²) < 4.78 is 13.2. The fraction of sp³-hybridized carbons (Fsp3) is 0.0588. The van der Waals surface area contributed by atoms with Crippen molar-refractivity contribution in [2.24, 2.45) is 0 Å². The van der Waals surface area contributed by atoms with Crippen LogP contribution < -0.4 is 0 Å². The molecule has 24 heavy (non-hydrogen) atoms. The second-order valence-corrected chi connectivity index (χ2v) is 7.33. The van der Waals surface area contributed by atoms with Gasteiger partial charge in [0.15, 0.2) is 0 Å². The number of methoxy groups -OCH3 is 1. The molecule has 7 heteroatoms. The third-order valence-corrected chi connectivity index (χ3v) is 5.82. The van der Waals surface area contributed by atoms with Gasteiger partial charge in [0.25, 0.3) is 0 Å². The van der Waals surface area contributed by atoms with E-state index in [1.165, 1.54) is 7.11 Å². The van der Waals surface area contributed by atoms with Gasteiger partial charge in [-0.05, 0) is 0 Å². The van der Waals surface area contributed by atoms with Crippen molar-refractivity contribution in [3.8, 4) is 17.1 Å². The Morgan fingerprint density at radius 1 is 1.25 bits per heavy atom. The molecule has 120 valence electrons. The van der Waals surface area contributed by atoms with Crippen LogP contribution in [-0.2, 0) is 4.74 Å². The summed E-state index contributed by atoms with van der Waals surface area (Å²) in [6.45, 7) is 0. The van der Waals surface area contributed by atoms with Gasteiger partial charge >= 0.3 is 148 Å². The van der Waals surface area contributed by atoms with Crippen LogP contribution in [0.5, 0.6) is 0 Å². The van der Waals surface area contributed by atoms with Crippen LogP contribution in [0.2, 0.25) is 5.02 Å². The van der Waals surface area contributed by atoms with Gasteiger partial charge in [-0.2, -0.15) is 0 Å². The number of hydrogen-bond acceptors (Lipinski definition) is 4. The maximum absolute atomic E-state index is 11.6. The third kappa shape index (κ3) is 2.40. The first-order chi connectivity index (χ1) is 11.7. The molecule has 0 fully saturated rings. The van der Waals surface area contributed by atoms with Crippen LogP contribution in [0.1, 0.15) is 10.6 Å². The predicted molar refractivity (Wildman–Crippen MR) is 92.1 cm³/mol. The number of ether oxygens (including phenoxy) is 1. The molecule has 1 aromatic carbocycles. The van der Waals surface area contributed by atoms with Crippen LogP contribution in [-0.4, -0.2) is 37.4 Å². The van der Waals surface area contributed by atoms with E-state index in [-0.39, 0.29) is 20.3 Å². The molecule has 0 spiro atoms. The standard InChI is InChI=1S/C17H11ClN2O3Se/c1-22-17(21)14-7-6-13(23-14)15-16-12(8-9-24-16)20(19-15)11-5-3-2-4-10(11)18/h2-9H,1H3. The molecule has 0 aliphatic heterocycles. The molecule has 0 N–H and O–H groups in total. The molecule has 0 saturated carbocycles. The fourth-order valence-electron chi connectivity index (χ4n) is 2.49. The van der Waals surface area contributed by atoms with Gasteiger partial charge in [0.2, 0.25) is 0 Å². The Bertz CT molecular complexity index is 1050. The normalized spacial score (nSPS) is 11.1. The van der Waals surface area contributed by atoms with E-state index in [2.05, 4.69) is 14.8 Å². The summed E-state index contributed by atoms with van der Waals surface area (Å²) >= 11 is 6.47. The Morgan fingerprint density at radius 3 is 2.88 bits per heavy atom. The van der Waals surface area contributed by atoms with Crippen molar-refractivity contribution in [1.29, 1.82) is 0 Å². The number of benzene rings is 1. The number of hydrogen-bond donors (Lipinski definition) is 0. The van der Waals surface area contributed by atoms with Crippen molar-refractivity contribution in [2.45, 2.75) is 0 Å². The number of carbonyl (C=O) groups is 1. The maximum atomic E-state index is 11.6. The molecule has 0 saturated heterocycles. The van der Waals surface area contributed by atoms with Gasteiger partial charge in [0.1, 0.15) is 0 Å². The van der Waals surface area contributed by atoms with Gasteiger partial charge in [-0.15, -0.1) is 0 Å². The molecule has 0 aliphatic rings. The first kappa shape index (κ1) is 15.3. The van der Waals surface area contributed by atoms with Crippen LogP contribution >= 0.6 is 11.6 Å². The van der Waals surface area contributed by atoms with Crippen LogP contribution in [0.4, 0.5) is 0 Å². The molecule has 3 heterocycles. The van der Waals surface area contributed by atoms with Crippen molar-refractivity contribution in [1.82, 2.24) is 9.78 Å². The van der Waals surface area contributed by atoms with Crippen LogP contribution in [0.3, 0.4) is 0 Å². The van der Waals surface area contributed by atoms with E-state index in [0.29, 0.717) is 10.8 Å². The Balaban J connectivity index is 1.89. The molecular weight excluding hydrogens is 395 g/mol. The van der Waals surface area contributed by atoms with Gasteiger partial charge in [0.05, 0.1) is 0 Å². The number of aromatic nitrogens is 2. The first-order valence-corrected chi connectivity index (χ1v) is 9.31. The SMILES string of the molecule is COC(=O)c1ccc(-c2nn(-c3ccccc3Cl)c3cc[se]c23)o1. The van der Waals surface area contributed by atoms with Crippen LogP contribution in [0, 0.1) is 0 Å². The third-order valence-electron chi connectivity index (χ3n) is 3.59. The minimum absolute atomic E-state index is 0.155. The van der Waals surface area contributed by atoms with E-state index < -0.39 is 5.97 Å². The Hall–Kier alpha value is -2.27. The minimum atomic E-state index is -0.507. The Morgan fingerprint density at radius 2 is 2.08 bits per heavy atom. The summed E-state index contributed by atoms with van der Waals surface area (Å²) in [5.41, 5.74) is 2.53. The zero-order valence-electron chi connectivity index (χ0n) is 12.5. The summed E-state index contributed by atoms with van der Waals surface area (Å²) in [5.74, 6) is 0.196.